The Kier molecular flexibility index (Phi) is 14.7. The zero-order chi connectivity index (χ0) is 42.9. The number of halogens is 6. The van der Waals surface area contributed by atoms with Crippen LogP contribution < -0.4 is 24.0 Å². The number of carboxylic acids is 2. The number of fused-ring (bicyclic) bond motifs is 2. The van der Waals surface area contributed by atoms with Crippen molar-refractivity contribution in [2.45, 2.75) is 84.0 Å². The number of aromatic nitrogens is 4. The van der Waals surface area contributed by atoms with Crippen molar-refractivity contribution in [3.8, 4) is 11.4 Å². The summed E-state index contributed by atoms with van der Waals surface area (Å²) in [5, 5.41) is 15.3. The topological polar surface area (TPSA) is 147 Å². The summed E-state index contributed by atoms with van der Waals surface area (Å²) < 4.78 is 62.0. The van der Waals surface area contributed by atoms with E-state index in [4.69, 9.17) is 5.11 Å². The van der Waals surface area contributed by atoms with Gasteiger partial charge in [-0.3, -0.25) is 23.5 Å². The van der Waals surface area contributed by atoms with E-state index in [0.717, 1.165) is 47.2 Å². The maximum atomic E-state index is 14.5. The molecule has 0 atom stereocenters. The number of alkyl halides is 4. The second-order valence-electron chi connectivity index (χ2n) is 14.2. The quantitative estimate of drug-likeness (QED) is 0.0599. The number of carbonyl (C=O) groups is 4. The molecule has 2 heterocycles. The molecule has 0 aliphatic heterocycles. The summed E-state index contributed by atoms with van der Waals surface area (Å²) >= 11 is 6.77. The van der Waals surface area contributed by atoms with E-state index < -0.39 is 59.7 Å². The van der Waals surface area contributed by atoms with Gasteiger partial charge in [-0.2, -0.15) is 17.6 Å². The Bertz CT molecular complexity index is 2480. The molecule has 0 unspecified atom stereocenters. The fraction of sp³-hybridized carbons (Fsp3) is 0.286. The maximum Gasteiger partial charge on any atom is 1.00 e. The largest absolute Gasteiger partial charge is 1.00 e. The molecule has 2 fully saturated rings. The average molecular weight is 997 g/mol. The normalized spacial score (nSPS) is 14.0. The monoisotopic (exact) mass is 994 g/mol. The van der Waals surface area contributed by atoms with Gasteiger partial charge in [0.1, 0.15) is 9.21 Å². The Morgan fingerprint density at radius 2 is 1.02 bits per heavy atom. The summed E-state index contributed by atoms with van der Waals surface area (Å²) in [7, 11) is 0. The summed E-state index contributed by atoms with van der Waals surface area (Å²) in [6.07, 6.45) is 4.43. The van der Waals surface area contributed by atoms with Crippen molar-refractivity contribution in [3.63, 3.8) is 0 Å². The second kappa shape index (κ2) is 19.2. The van der Waals surface area contributed by atoms with E-state index in [2.05, 4.69) is 41.8 Å². The number of ketones is 2. The predicted molar refractivity (Wildman–Crippen MR) is 224 cm³/mol. The van der Waals surface area contributed by atoms with Crippen molar-refractivity contribution in [1.29, 1.82) is 0 Å². The van der Waals surface area contributed by atoms with Crippen LogP contribution in [0, 0.1) is 0 Å². The summed E-state index contributed by atoms with van der Waals surface area (Å²) in [4.78, 5) is 53.0. The number of hydrogen-bond donors (Lipinski definition) is 1. The molecule has 4 aromatic carbocycles. The number of benzene rings is 4. The molecule has 61 heavy (non-hydrogen) atoms. The van der Waals surface area contributed by atoms with Crippen LogP contribution >= 0.6 is 55.4 Å². The molecule has 1 N–H and O–H groups in total. The van der Waals surface area contributed by atoms with Crippen LogP contribution in [0.4, 0.5) is 17.6 Å². The van der Waals surface area contributed by atoms with Crippen molar-refractivity contribution in [3.05, 3.63) is 106 Å². The average Bonchev–Trinajstić information content (AvgIpc) is 4.16. The first-order chi connectivity index (χ1) is 28.6. The molecule has 10 nitrogen and oxygen atoms in total. The van der Waals surface area contributed by atoms with Crippen LogP contribution in [0.1, 0.15) is 74.3 Å². The van der Waals surface area contributed by atoms with E-state index in [9.17, 15) is 41.8 Å². The standard InChI is InChI=1S/2C21H17BrF2N2O3S.Li/c2*22-18-11-25-20(30-21(23,24)17(27)9-10-19(28)29)26(18)16-8-7-13(12-5-6-12)14-3-1-2-4-15(14)16;/h2*1-4,7-8,11-12H,5-6,9-10H2,(H,28,29);/q;;+1/p-1. The number of carboxylic acid groups (broad SMARTS) is 2. The van der Waals surface area contributed by atoms with Crippen molar-refractivity contribution in [2.75, 3.05) is 0 Å². The third-order valence-corrected chi connectivity index (χ3v) is 13.0. The van der Waals surface area contributed by atoms with Gasteiger partial charge in [0.2, 0.25) is 11.6 Å². The van der Waals surface area contributed by atoms with Crippen LogP contribution in [-0.2, 0) is 19.2 Å². The Morgan fingerprint density at radius 3 is 1.38 bits per heavy atom. The van der Waals surface area contributed by atoms with Crippen LogP contribution in [0.3, 0.4) is 0 Å². The van der Waals surface area contributed by atoms with E-state index in [1.165, 1.54) is 28.1 Å². The molecule has 6 aromatic rings. The number of carbonyl (C=O) groups excluding carboxylic acids is 3. The minimum Gasteiger partial charge on any atom is -0.550 e. The fourth-order valence-corrected chi connectivity index (χ4v) is 9.62. The van der Waals surface area contributed by atoms with Gasteiger partial charge in [-0.15, -0.1) is 0 Å². The van der Waals surface area contributed by atoms with Gasteiger partial charge in [0.15, 0.2) is 10.3 Å². The van der Waals surface area contributed by atoms with Crippen molar-refractivity contribution in [1.82, 2.24) is 19.1 Å². The molecule has 312 valence electrons. The van der Waals surface area contributed by atoms with Crippen molar-refractivity contribution < 1.29 is 65.8 Å². The molecule has 0 radical (unpaired) electrons. The summed E-state index contributed by atoms with van der Waals surface area (Å²) in [6, 6.07) is 23.4. The molecule has 0 amide bonds. The van der Waals surface area contributed by atoms with E-state index >= 15 is 0 Å². The molecule has 2 saturated carbocycles. The van der Waals surface area contributed by atoms with Crippen LogP contribution in [0.2, 0.25) is 0 Å². The summed E-state index contributed by atoms with van der Waals surface area (Å²) in [6.45, 7) is 0. The minimum absolute atomic E-state index is 0. The Balaban J connectivity index is 0.000000201. The fourth-order valence-electron chi connectivity index (χ4n) is 6.78. The van der Waals surface area contributed by atoms with E-state index in [1.54, 1.807) is 4.57 Å². The Hall–Kier alpha value is -3.92. The zero-order valence-electron chi connectivity index (χ0n) is 32.3. The summed E-state index contributed by atoms with van der Waals surface area (Å²) in [5.74, 6) is -4.70. The maximum absolute atomic E-state index is 14.5. The van der Waals surface area contributed by atoms with Gasteiger partial charge in [-0.1, -0.05) is 60.7 Å². The first kappa shape index (κ1) is 46.6. The molecule has 0 spiro atoms. The first-order valence-corrected chi connectivity index (χ1v) is 21.9. The van der Waals surface area contributed by atoms with Gasteiger partial charge in [0.25, 0.3) is 0 Å². The van der Waals surface area contributed by atoms with Crippen LogP contribution in [-0.4, -0.2) is 58.2 Å². The molecule has 2 aliphatic rings. The number of nitrogens with zero attached hydrogens (tertiary/aromatic N) is 4. The molecule has 8 rings (SSSR count). The predicted octanol–water partition coefficient (Wildman–Crippen LogP) is 7.24. The van der Waals surface area contributed by atoms with Crippen LogP contribution in [0.15, 0.2) is 105 Å². The van der Waals surface area contributed by atoms with Gasteiger partial charge in [-0.05, 0) is 133 Å². The molecule has 2 aromatic heterocycles. The molecule has 2 aliphatic carbocycles. The van der Waals surface area contributed by atoms with E-state index in [0.29, 0.717) is 32.4 Å². The number of imidazole rings is 2. The third kappa shape index (κ3) is 10.7. The van der Waals surface area contributed by atoms with Crippen molar-refractivity contribution in [2.24, 2.45) is 0 Å². The molecule has 0 saturated heterocycles. The zero-order valence-corrected chi connectivity index (χ0v) is 37.1. The SMILES string of the molecule is O=C(O)CCC(=O)C(F)(F)Sc1ncc(Br)n1-c1ccc(C2CC2)c2ccccc12.O=C([O-])CCC(=O)C(F)(F)Sc1ncc(Br)n1-c1ccc(C2CC2)c2ccccc12.[Li+]. The number of aliphatic carboxylic acids is 2. The number of rotatable bonds is 16. The molecular formula is C42H33Br2F4LiN4O6S2. The molecular weight excluding hydrogens is 963 g/mol. The Labute approximate surface area is 383 Å². The number of thioether (sulfide) groups is 2. The molecule has 0 bridgehead atoms. The van der Waals surface area contributed by atoms with Gasteiger partial charge in [0, 0.05) is 29.6 Å². The smallest absolute Gasteiger partial charge is 0.550 e. The Morgan fingerprint density at radius 1 is 0.639 bits per heavy atom. The number of hydrogen-bond acceptors (Lipinski definition) is 9. The number of Topliss-reactive ketones (excluding diaryl/α,β-unsaturated/α-hetero) is 2. The first-order valence-electron chi connectivity index (χ1n) is 18.7. The van der Waals surface area contributed by atoms with E-state index in [1.807, 2.05) is 72.8 Å². The van der Waals surface area contributed by atoms with Crippen LogP contribution in [0.5, 0.6) is 0 Å². The van der Waals surface area contributed by atoms with Gasteiger partial charge in [-0.25, -0.2) is 9.97 Å². The van der Waals surface area contributed by atoms with Gasteiger partial charge in [0.05, 0.1) is 30.2 Å². The second-order valence-corrected chi connectivity index (χ2v) is 18.0. The third-order valence-electron chi connectivity index (χ3n) is 9.97. The van der Waals surface area contributed by atoms with E-state index in [-0.39, 0.29) is 52.7 Å². The summed E-state index contributed by atoms with van der Waals surface area (Å²) in [5.41, 5.74) is 3.83. The van der Waals surface area contributed by atoms with Gasteiger partial charge >= 0.3 is 35.3 Å². The molecule has 19 heteroatoms. The van der Waals surface area contributed by atoms with Gasteiger partial charge < -0.3 is 15.0 Å². The minimum atomic E-state index is -3.82. The van der Waals surface area contributed by atoms with Crippen molar-refractivity contribution >= 4 is 100 Å². The van der Waals surface area contributed by atoms with Crippen LogP contribution in [0.25, 0.3) is 32.9 Å².